The summed E-state index contributed by atoms with van der Waals surface area (Å²) in [4.78, 5) is -0.106. The van der Waals surface area contributed by atoms with Gasteiger partial charge in [0.15, 0.2) is 9.84 Å². The van der Waals surface area contributed by atoms with Crippen molar-refractivity contribution < 1.29 is 16.8 Å². The molecule has 0 bridgehead atoms. The molecular weight excluding hydrogens is 324 g/mol. The van der Waals surface area contributed by atoms with Crippen molar-refractivity contribution >= 4 is 37.1 Å². The maximum atomic E-state index is 12.5. The van der Waals surface area contributed by atoms with Crippen LogP contribution in [-0.2, 0) is 19.9 Å². The van der Waals surface area contributed by atoms with Crippen LogP contribution < -0.4 is 5.73 Å². The lowest BCUT2D eigenvalue weighted by Gasteiger charge is -2.23. The van der Waals surface area contributed by atoms with Gasteiger partial charge in [-0.3, -0.25) is 0 Å². The first-order valence-electron chi connectivity index (χ1n) is 5.87. The van der Waals surface area contributed by atoms with Crippen LogP contribution in [0.4, 0.5) is 5.69 Å². The highest BCUT2D eigenvalue weighted by Gasteiger charge is 2.37. The van der Waals surface area contributed by atoms with Gasteiger partial charge in [-0.25, -0.2) is 16.8 Å². The second-order valence-electron chi connectivity index (χ2n) is 4.77. The van der Waals surface area contributed by atoms with Crippen molar-refractivity contribution in [3.63, 3.8) is 0 Å². The standard InChI is InChI=1S/C11H15ClN2O4S2/c1-14(9-4-5-19(15,16)7-9)20(17,18)11-6-8(13)2-3-10(11)12/h2-3,6,9H,4-5,7,13H2,1H3. The Morgan fingerprint density at radius 3 is 2.60 bits per heavy atom. The third kappa shape index (κ3) is 2.93. The molecule has 1 heterocycles. The van der Waals surface area contributed by atoms with E-state index in [9.17, 15) is 16.8 Å². The quantitative estimate of drug-likeness (QED) is 0.819. The number of benzene rings is 1. The number of sulfone groups is 1. The zero-order valence-corrected chi connectivity index (χ0v) is 13.2. The number of nitrogens with zero attached hydrogens (tertiary/aromatic N) is 1. The third-order valence-corrected chi connectivity index (χ3v) is 7.48. The molecule has 1 unspecified atom stereocenters. The largest absolute Gasteiger partial charge is 0.399 e. The fraction of sp³-hybridized carbons (Fsp3) is 0.455. The van der Waals surface area contributed by atoms with E-state index in [1.54, 1.807) is 0 Å². The minimum absolute atomic E-state index is 0.00217. The number of rotatable bonds is 3. The molecule has 2 N–H and O–H groups in total. The Balaban J connectivity index is 2.38. The van der Waals surface area contributed by atoms with Crippen LogP contribution in [0.1, 0.15) is 6.42 Å². The molecule has 1 saturated heterocycles. The molecule has 112 valence electrons. The van der Waals surface area contributed by atoms with Gasteiger partial charge in [-0.2, -0.15) is 4.31 Å². The van der Waals surface area contributed by atoms with Crippen LogP contribution in [0, 0.1) is 0 Å². The summed E-state index contributed by atoms with van der Waals surface area (Å²) in [6.45, 7) is 0. The summed E-state index contributed by atoms with van der Waals surface area (Å²) >= 11 is 5.91. The molecule has 20 heavy (non-hydrogen) atoms. The molecule has 2 rings (SSSR count). The van der Waals surface area contributed by atoms with Crippen molar-refractivity contribution in [2.75, 3.05) is 24.3 Å². The van der Waals surface area contributed by atoms with Crippen molar-refractivity contribution in [1.29, 1.82) is 0 Å². The highest BCUT2D eigenvalue weighted by molar-refractivity contribution is 7.92. The van der Waals surface area contributed by atoms with Crippen LogP contribution in [-0.4, -0.2) is 45.7 Å². The van der Waals surface area contributed by atoms with Crippen LogP contribution in [0.5, 0.6) is 0 Å². The first-order valence-corrected chi connectivity index (χ1v) is 9.51. The highest BCUT2D eigenvalue weighted by atomic mass is 35.5. The molecule has 0 aromatic heterocycles. The number of halogens is 1. The van der Waals surface area contributed by atoms with E-state index >= 15 is 0 Å². The van der Waals surface area contributed by atoms with Crippen molar-refractivity contribution in [3.05, 3.63) is 23.2 Å². The average Bonchev–Trinajstić information content (AvgIpc) is 2.71. The minimum Gasteiger partial charge on any atom is -0.399 e. The molecule has 1 aliphatic heterocycles. The Kier molecular flexibility index (Phi) is 4.03. The van der Waals surface area contributed by atoms with Gasteiger partial charge in [0.2, 0.25) is 10.0 Å². The van der Waals surface area contributed by atoms with Gasteiger partial charge in [-0.15, -0.1) is 0 Å². The van der Waals surface area contributed by atoms with Gasteiger partial charge in [-0.05, 0) is 24.6 Å². The first kappa shape index (κ1) is 15.6. The van der Waals surface area contributed by atoms with Gasteiger partial charge >= 0.3 is 0 Å². The summed E-state index contributed by atoms with van der Waals surface area (Å²) in [5, 5.41) is 0.0619. The van der Waals surface area contributed by atoms with Crippen LogP contribution in [0.25, 0.3) is 0 Å². The molecule has 1 fully saturated rings. The number of nitrogen functional groups attached to an aromatic ring is 1. The van der Waals surface area contributed by atoms with Crippen LogP contribution in [0.15, 0.2) is 23.1 Å². The number of hydrogen-bond donors (Lipinski definition) is 1. The summed E-state index contributed by atoms with van der Waals surface area (Å²) < 4.78 is 49.0. The average molecular weight is 339 g/mol. The topological polar surface area (TPSA) is 97.5 Å². The Labute approximate surface area is 123 Å². The summed E-state index contributed by atoms with van der Waals surface area (Å²) in [5.41, 5.74) is 5.86. The van der Waals surface area contributed by atoms with E-state index in [0.29, 0.717) is 0 Å². The number of anilines is 1. The van der Waals surface area contributed by atoms with Crippen LogP contribution in [0.2, 0.25) is 5.02 Å². The molecule has 0 spiro atoms. The van der Waals surface area contributed by atoms with Crippen molar-refractivity contribution in [3.8, 4) is 0 Å². The lowest BCUT2D eigenvalue weighted by atomic mass is 10.3. The molecule has 1 aliphatic rings. The van der Waals surface area contributed by atoms with Crippen molar-refractivity contribution in [1.82, 2.24) is 4.31 Å². The Morgan fingerprint density at radius 2 is 2.05 bits per heavy atom. The van der Waals surface area contributed by atoms with E-state index in [2.05, 4.69) is 0 Å². The number of sulfonamides is 1. The van der Waals surface area contributed by atoms with Crippen LogP contribution >= 0.6 is 11.6 Å². The van der Waals surface area contributed by atoms with E-state index in [4.69, 9.17) is 17.3 Å². The van der Waals surface area contributed by atoms with E-state index in [1.807, 2.05) is 0 Å². The maximum Gasteiger partial charge on any atom is 0.244 e. The molecule has 0 radical (unpaired) electrons. The van der Waals surface area contributed by atoms with Crippen molar-refractivity contribution in [2.24, 2.45) is 0 Å². The Bertz CT molecular complexity index is 731. The predicted molar refractivity (Wildman–Crippen MR) is 77.9 cm³/mol. The second-order valence-corrected chi connectivity index (χ2v) is 9.37. The molecule has 9 heteroatoms. The molecule has 0 aliphatic carbocycles. The Morgan fingerprint density at radius 1 is 1.40 bits per heavy atom. The molecule has 0 saturated carbocycles. The smallest absolute Gasteiger partial charge is 0.244 e. The van der Waals surface area contributed by atoms with E-state index in [1.165, 1.54) is 25.2 Å². The second kappa shape index (κ2) is 5.18. The minimum atomic E-state index is -3.87. The molecule has 1 aromatic carbocycles. The van der Waals surface area contributed by atoms with Gasteiger partial charge in [0, 0.05) is 18.8 Å². The van der Waals surface area contributed by atoms with E-state index in [0.717, 1.165) is 4.31 Å². The van der Waals surface area contributed by atoms with Crippen molar-refractivity contribution in [2.45, 2.75) is 17.4 Å². The lowest BCUT2D eigenvalue weighted by Crippen LogP contribution is -2.37. The highest BCUT2D eigenvalue weighted by Crippen LogP contribution is 2.29. The van der Waals surface area contributed by atoms with Gasteiger partial charge in [0.25, 0.3) is 0 Å². The predicted octanol–water partition coefficient (Wildman–Crippen LogP) is 0.730. The third-order valence-electron chi connectivity index (χ3n) is 3.33. The van der Waals surface area contributed by atoms with Gasteiger partial charge in [0.1, 0.15) is 4.90 Å². The Hall–Kier alpha value is -0.830. The zero-order chi connectivity index (χ0) is 15.1. The molecular formula is C11H15ClN2O4S2. The zero-order valence-electron chi connectivity index (χ0n) is 10.8. The number of nitrogens with two attached hydrogens (primary N) is 1. The lowest BCUT2D eigenvalue weighted by molar-refractivity contribution is 0.394. The molecule has 1 aromatic rings. The van der Waals surface area contributed by atoms with E-state index in [-0.39, 0.29) is 33.5 Å². The number of hydrogen-bond acceptors (Lipinski definition) is 5. The molecule has 0 amide bonds. The molecule has 6 nitrogen and oxygen atoms in total. The summed E-state index contributed by atoms with van der Waals surface area (Å²) in [6.07, 6.45) is 0.290. The van der Waals surface area contributed by atoms with Gasteiger partial charge in [0.05, 0.1) is 16.5 Å². The summed E-state index contributed by atoms with van der Waals surface area (Å²) in [7, 11) is -5.67. The first-order chi connectivity index (χ1) is 9.13. The normalized spacial score (nSPS) is 22.2. The van der Waals surface area contributed by atoms with E-state index < -0.39 is 25.9 Å². The van der Waals surface area contributed by atoms with Gasteiger partial charge in [-0.1, -0.05) is 11.6 Å². The fourth-order valence-electron chi connectivity index (χ4n) is 2.13. The van der Waals surface area contributed by atoms with Crippen LogP contribution in [0.3, 0.4) is 0 Å². The SMILES string of the molecule is CN(C1CCS(=O)(=O)C1)S(=O)(=O)c1cc(N)ccc1Cl. The summed E-state index contributed by atoms with van der Waals surface area (Å²) in [6, 6.07) is 3.62. The van der Waals surface area contributed by atoms with Gasteiger partial charge < -0.3 is 5.73 Å². The monoisotopic (exact) mass is 338 g/mol. The maximum absolute atomic E-state index is 12.5. The summed E-state index contributed by atoms with van der Waals surface area (Å²) in [5.74, 6) is -0.162. The fourth-order valence-corrected chi connectivity index (χ4v) is 5.89. The molecule has 1 atom stereocenters.